The molecule has 0 saturated carbocycles. The molecule has 12 heteroatoms. The van der Waals surface area contributed by atoms with Gasteiger partial charge in [0.1, 0.15) is 6.61 Å². The van der Waals surface area contributed by atoms with Crippen LogP contribution in [-0.4, -0.2) is 90.4 Å². The highest BCUT2D eigenvalue weighted by Crippen LogP contribution is 2.36. The lowest BCUT2D eigenvalue weighted by Gasteiger charge is -2.37. The average Bonchev–Trinajstić information content (AvgIpc) is 3.43. The topological polar surface area (TPSA) is 115 Å². The minimum atomic E-state index is -2.90. The molecule has 1 aromatic heterocycles. The van der Waals surface area contributed by atoms with Crippen molar-refractivity contribution in [2.45, 2.75) is 23.8 Å². The van der Waals surface area contributed by atoms with E-state index in [1.54, 1.807) is 4.90 Å². The smallest absolute Gasteiger partial charge is 0.277 e. The monoisotopic (exact) mass is 480 g/mol. The molecule has 32 heavy (non-hydrogen) atoms. The van der Waals surface area contributed by atoms with Gasteiger partial charge in [0.2, 0.25) is 12.0 Å². The SMILES string of the molecule is O=C(CSc1nnc(C2COc3ccccc3O2)o1)N1CCN(C2CCS(=O)(=O)C2)CC1. The summed E-state index contributed by atoms with van der Waals surface area (Å²) in [4.78, 5) is 16.6. The van der Waals surface area contributed by atoms with Crippen LogP contribution >= 0.6 is 11.8 Å². The summed E-state index contributed by atoms with van der Waals surface area (Å²) in [5.74, 6) is 2.32. The largest absolute Gasteiger partial charge is 0.485 e. The van der Waals surface area contributed by atoms with Crippen molar-refractivity contribution in [3.63, 3.8) is 0 Å². The minimum Gasteiger partial charge on any atom is -0.485 e. The van der Waals surface area contributed by atoms with Crippen LogP contribution in [0.25, 0.3) is 0 Å². The third kappa shape index (κ3) is 4.71. The number of fused-ring (bicyclic) bond motifs is 1. The Hall–Kier alpha value is -2.31. The third-order valence-corrected chi connectivity index (χ3v) is 8.47. The van der Waals surface area contributed by atoms with Crippen molar-refractivity contribution in [2.75, 3.05) is 50.0 Å². The van der Waals surface area contributed by atoms with Gasteiger partial charge in [-0.25, -0.2) is 8.42 Å². The highest BCUT2D eigenvalue weighted by molar-refractivity contribution is 7.99. The summed E-state index contributed by atoms with van der Waals surface area (Å²) in [6.45, 7) is 2.85. The standard InChI is InChI=1S/C20H24N4O6S2/c25-18(24-8-6-23(7-9-24)14-5-10-32(26,27)13-14)12-31-20-22-21-19(30-20)17-11-28-15-3-1-2-4-16(15)29-17/h1-4,14,17H,5-13H2. The molecule has 172 valence electrons. The number of thioether (sulfide) groups is 1. The Balaban J connectivity index is 1.09. The number of hydrogen-bond donors (Lipinski definition) is 0. The summed E-state index contributed by atoms with van der Waals surface area (Å²) in [5.41, 5.74) is 0. The molecule has 3 aliphatic heterocycles. The lowest BCUT2D eigenvalue weighted by atomic mass is 10.2. The number of hydrogen-bond acceptors (Lipinski definition) is 10. The molecule has 2 saturated heterocycles. The van der Waals surface area contributed by atoms with E-state index in [1.165, 1.54) is 11.8 Å². The van der Waals surface area contributed by atoms with Crippen LogP contribution in [0.5, 0.6) is 11.5 Å². The number of para-hydroxylation sites is 2. The number of aromatic nitrogens is 2. The maximum Gasteiger partial charge on any atom is 0.277 e. The highest BCUT2D eigenvalue weighted by Gasteiger charge is 2.34. The van der Waals surface area contributed by atoms with Crippen molar-refractivity contribution in [1.82, 2.24) is 20.0 Å². The maximum atomic E-state index is 12.6. The molecular formula is C20H24N4O6S2. The van der Waals surface area contributed by atoms with Gasteiger partial charge in [-0.1, -0.05) is 23.9 Å². The molecule has 2 atom stereocenters. The van der Waals surface area contributed by atoms with Crippen LogP contribution in [0.1, 0.15) is 18.4 Å². The first kappa shape index (κ1) is 21.5. The van der Waals surface area contributed by atoms with E-state index in [2.05, 4.69) is 15.1 Å². The zero-order valence-electron chi connectivity index (χ0n) is 17.4. The van der Waals surface area contributed by atoms with Gasteiger partial charge in [0.15, 0.2) is 21.3 Å². The molecule has 4 heterocycles. The number of benzene rings is 1. The molecule has 0 radical (unpaired) electrons. The number of ether oxygens (including phenoxy) is 2. The summed E-state index contributed by atoms with van der Waals surface area (Å²) in [6, 6.07) is 7.47. The van der Waals surface area contributed by atoms with E-state index in [-0.39, 0.29) is 35.8 Å². The van der Waals surface area contributed by atoms with Crippen LogP contribution in [0.4, 0.5) is 0 Å². The van der Waals surface area contributed by atoms with E-state index in [0.29, 0.717) is 55.2 Å². The van der Waals surface area contributed by atoms with Crippen LogP contribution < -0.4 is 9.47 Å². The summed E-state index contributed by atoms with van der Waals surface area (Å²) < 4.78 is 40.6. The molecule has 2 fully saturated rings. The van der Waals surface area contributed by atoms with Crippen molar-refractivity contribution in [3.05, 3.63) is 30.2 Å². The van der Waals surface area contributed by atoms with Gasteiger partial charge in [-0.3, -0.25) is 9.69 Å². The lowest BCUT2D eigenvalue weighted by molar-refractivity contribution is -0.130. The molecule has 0 N–H and O–H groups in total. The van der Waals surface area contributed by atoms with Crippen LogP contribution in [0, 0.1) is 0 Å². The predicted octanol–water partition coefficient (Wildman–Crippen LogP) is 1.01. The molecule has 0 aliphatic carbocycles. The highest BCUT2D eigenvalue weighted by atomic mass is 32.2. The van der Waals surface area contributed by atoms with Gasteiger partial charge in [-0.05, 0) is 18.6 Å². The molecule has 2 aromatic rings. The Morgan fingerprint density at radius 2 is 1.91 bits per heavy atom. The molecule has 1 amide bonds. The lowest BCUT2D eigenvalue weighted by Crippen LogP contribution is -2.52. The summed E-state index contributed by atoms with van der Waals surface area (Å²) in [6.07, 6.45) is 0.197. The Kier molecular flexibility index (Phi) is 5.99. The molecule has 0 spiro atoms. The maximum absolute atomic E-state index is 12.6. The molecular weight excluding hydrogens is 456 g/mol. The normalized spacial score (nSPS) is 25.1. The second-order valence-electron chi connectivity index (χ2n) is 8.03. The van der Waals surface area contributed by atoms with Crippen LogP contribution in [0.2, 0.25) is 0 Å². The average molecular weight is 481 g/mol. The van der Waals surface area contributed by atoms with Gasteiger partial charge in [0.05, 0.1) is 17.3 Å². The van der Waals surface area contributed by atoms with E-state index in [0.717, 1.165) is 0 Å². The first-order valence-electron chi connectivity index (χ1n) is 10.5. The molecule has 3 aliphatic rings. The van der Waals surface area contributed by atoms with Gasteiger partial charge in [-0.15, -0.1) is 10.2 Å². The Labute approximate surface area is 190 Å². The summed E-state index contributed by atoms with van der Waals surface area (Å²) in [7, 11) is -2.90. The number of nitrogens with zero attached hydrogens (tertiary/aromatic N) is 4. The number of amides is 1. The number of carbonyl (C=O) groups excluding carboxylic acids is 1. The molecule has 0 bridgehead atoms. The quantitative estimate of drug-likeness (QED) is 0.574. The van der Waals surface area contributed by atoms with E-state index in [4.69, 9.17) is 13.9 Å². The van der Waals surface area contributed by atoms with Crippen LogP contribution in [-0.2, 0) is 14.6 Å². The summed E-state index contributed by atoms with van der Waals surface area (Å²) in [5, 5.41) is 8.37. The van der Waals surface area contributed by atoms with Gasteiger partial charge in [0.25, 0.3) is 11.1 Å². The number of rotatable bonds is 5. The number of carbonyl (C=O) groups is 1. The molecule has 10 nitrogen and oxygen atoms in total. The number of sulfone groups is 1. The molecule has 2 unspecified atom stereocenters. The first-order chi connectivity index (χ1) is 15.5. The van der Waals surface area contributed by atoms with Crippen molar-refractivity contribution < 1.29 is 27.1 Å². The Morgan fingerprint density at radius 1 is 1.12 bits per heavy atom. The van der Waals surface area contributed by atoms with Crippen molar-refractivity contribution in [2.24, 2.45) is 0 Å². The van der Waals surface area contributed by atoms with Gasteiger partial charge < -0.3 is 18.8 Å². The van der Waals surface area contributed by atoms with Gasteiger partial charge >= 0.3 is 0 Å². The van der Waals surface area contributed by atoms with Crippen LogP contribution in [0.15, 0.2) is 33.9 Å². The minimum absolute atomic E-state index is 0.000351. The number of piperazine rings is 1. The predicted molar refractivity (Wildman–Crippen MR) is 116 cm³/mol. The Bertz CT molecular complexity index is 1080. The fourth-order valence-electron chi connectivity index (χ4n) is 4.16. The van der Waals surface area contributed by atoms with E-state index >= 15 is 0 Å². The second-order valence-corrected chi connectivity index (χ2v) is 11.2. The summed E-state index contributed by atoms with van der Waals surface area (Å²) >= 11 is 1.20. The zero-order valence-corrected chi connectivity index (χ0v) is 19.0. The van der Waals surface area contributed by atoms with Crippen LogP contribution in [0.3, 0.4) is 0 Å². The van der Waals surface area contributed by atoms with Crippen molar-refractivity contribution >= 4 is 27.5 Å². The van der Waals surface area contributed by atoms with E-state index in [9.17, 15) is 13.2 Å². The molecule has 5 rings (SSSR count). The fourth-order valence-corrected chi connectivity index (χ4v) is 6.60. The molecule has 1 aromatic carbocycles. The first-order valence-corrected chi connectivity index (χ1v) is 13.3. The third-order valence-electron chi connectivity index (χ3n) is 5.92. The fraction of sp³-hybridized carbons (Fsp3) is 0.550. The van der Waals surface area contributed by atoms with Gasteiger partial charge in [0, 0.05) is 32.2 Å². The second kappa shape index (κ2) is 8.91. The van der Waals surface area contributed by atoms with Crippen molar-refractivity contribution in [3.8, 4) is 11.5 Å². The van der Waals surface area contributed by atoms with E-state index in [1.807, 2.05) is 24.3 Å². The van der Waals surface area contributed by atoms with E-state index < -0.39 is 15.9 Å². The Morgan fingerprint density at radius 3 is 2.66 bits per heavy atom. The van der Waals surface area contributed by atoms with Crippen molar-refractivity contribution in [1.29, 1.82) is 0 Å². The zero-order chi connectivity index (χ0) is 22.1. The van der Waals surface area contributed by atoms with Gasteiger partial charge in [-0.2, -0.15) is 0 Å².